The van der Waals surface area contributed by atoms with E-state index >= 15 is 0 Å². The summed E-state index contributed by atoms with van der Waals surface area (Å²) in [6.07, 6.45) is 4.25. The van der Waals surface area contributed by atoms with Crippen molar-refractivity contribution in [2.45, 2.75) is 58.0 Å². The molecular weight excluding hydrogens is 266 g/mol. The molecule has 4 aliphatic rings. The second-order valence-electron chi connectivity index (χ2n) is 7.78. The Labute approximate surface area is 117 Å². The van der Waals surface area contributed by atoms with Gasteiger partial charge in [0.2, 0.25) is 0 Å². The topological polar surface area (TPSA) is 46.5 Å². The maximum atomic E-state index is 12.9. The minimum atomic E-state index is -3.42. The molecule has 4 aliphatic carbocycles. The second kappa shape index (κ2) is 4.15. The first-order chi connectivity index (χ1) is 9.13. The SMILES string of the molecule is CC12CC3CC(COC(=O)C(C)(F)F)(CC(C1)C3O)C2. The highest BCUT2D eigenvalue weighted by molar-refractivity contribution is 5.76. The van der Waals surface area contributed by atoms with Gasteiger partial charge in [-0.25, -0.2) is 4.79 Å². The smallest absolute Gasteiger partial charge is 0.376 e. The zero-order valence-corrected chi connectivity index (χ0v) is 12.0. The molecule has 5 heteroatoms. The number of aliphatic hydroxyl groups is 1. The van der Waals surface area contributed by atoms with E-state index in [1.807, 2.05) is 0 Å². The number of carbonyl (C=O) groups excluding carboxylic acids is 1. The van der Waals surface area contributed by atoms with Crippen molar-refractivity contribution in [1.29, 1.82) is 0 Å². The van der Waals surface area contributed by atoms with Crippen LogP contribution in [0.15, 0.2) is 0 Å². The van der Waals surface area contributed by atoms with Gasteiger partial charge in [-0.05, 0) is 49.4 Å². The van der Waals surface area contributed by atoms with Gasteiger partial charge < -0.3 is 9.84 Å². The van der Waals surface area contributed by atoms with Crippen LogP contribution in [0.3, 0.4) is 0 Å². The summed E-state index contributed by atoms with van der Waals surface area (Å²) in [6.45, 7) is 2.85. The van der Waals surface area contributed by atoms with Gasteiger partial charge in [-0.1, -0.05) is 6.92 Å². The number of hydrogen-bond acceptors (Lipinski definition) is 3. The molecule has 3 nitrogen and oxygen atoms in total. The molecule has 4 saturated carbocycles. The van der Waals surface area contributed by atoms with Crippen molar-refractivity contribution >= 4 is 5.97 Å². The van der Waals surface area contributed by atoms with Gasteiger partial charge in [-0.2, -0.15) is 8.78 Å². The Morgan fingerprint density at radius 3 is 2.35 bits per heavy atom. The van der Waals surface area contributed by atoms with Gasteiger partial charge in [-0.15, -0.1) is 0 Å². The van der Waals surface area contributed by atoms with Gasteiger partial charge in [-0.3, -0.25) is 0 Å². The van der Waals surface area contributed by atoms with E-state index in [4.69, 9.17) is 4.74 Å². The molecule has 0 amide bonds. The molecule has 4 rings (SSSR count). The van der Waals surface area contributed by atoms with Gasteiger partial charge in [0.25, 0.3) is 0 Å². The Bertz CT molecular complexity index is 413. The fourth-order valence-corrected chi connectivity index (χ4v) is 5.27. The lowest BCUT2D eigenvalue weighted by Crippen LogP contribution is -2.58. The lowest BCUT2D eigenvalue weighted by molar-refractivity contribution is -0.199. The van der Waals surface area contributed by atoms with Crippen LogP contribution in [-0.2, 0) is 9.53 Å². The van der Waals surface area contributed by atoms with Gasteiger partial charge in [0.05, 0.1) is 12.7 Å². The molecule has 114 valence electrons. The highest BCUT2D eigenvalue weighted by Gasteiger charge is 2.59. The number of ether oxygens (including phenoxy) is 1. The molecule has 0 aromatic carbocycles. The van der Waals surface area contributed by atoms with Crippen molar-refractivity contribution in [2.75, 3.05) is 6.61 Å². The number of carbonyl (C=O) groups is 1. The van der Waals surface area contributed by atoms with Gasteiger partial charge >= 0.3 is 11.9 Å². The van der Waals surface area contributed by atoms with Gasteiger partial charge in [0.15, 0.2) is 0 Å². The zero-order chi connectivity index (χ0) is 14.8. The van der Waals surface area contributed by atoms with Crippen molar-refractivity contribution in [3.8, 4) is 0 Å². The fourth-order valence-electron chi connectivity index (χ4n) is 5.27. The third-order valence-corrected chi connectivity index (χ3v) is 5.54. The molecule has 4 fully saturated rings. The van der Waals surface area contributed by atoms with Crippen LogP contribution in [0.4, 0.5) is 8.78 Å². The standard InChI is InChI=1S/C15H22F2O3/c1-13-3-9-5-15(7-13,6-10(4-13)11(9)18)8-20-12(19)14(2,16)17/h9-11,18H,3-8H2,1-2H3. The van der Waals surface area contributed by atoms with Crippen LogP contribution in [0.25, 0.3) is 0 Å². The van der Waals surface area contributed by atoms with E-state index < -0.39 is 11.9 Å². The van der Waals surface area contributed by atoms with Crippen LogP contribution in [-0.4, -0.2) is 29.7 Å². The Balaban J connectivity index is 1.72. The molecule has 0 aromatic heterocycles. The Morgan fingerprint density at radius 1 is 1.30 bits per heavy atom. The minimum Gasteiger partial charge on any atom is -0.461 e. The maximum absolute atomic E-state index is 12.9. The lowest BCUT2D eigenvalue weighted by Gasteiger charge is -2.62. The Kier molecular flexibility index (Phi) is 2.96. The van der Waals surface area contributed by atoms with Crippen molar-refractivity contribution in [3.05, 3.63) is 0 Å². The molecule has 20 heavy (non-hydrogen) atoms. The number of esters is 1. The van der Waals surface area contributed by atoms with Crippen LogP contribution in [0.2, 0.25) is 0 Å². The molecule has 0 aliphatic heterocycles. The number of halogens is 2. The number of hydrogen-bond donors (Lipinski definition) is 1. The van der Waals surface area contributed by atoms with E-state index in [2.05, 4.69) is 6.92 Å². The predicted molar refractivity (Wildman–Crippen MR) is 68.2 cm³/mol. The van der Waals surface area contributed by atoms with E-state index in [1.165, 1.54) is 0 Å². The number of alkyl halides is 2. The zero-order valence-electron chi connectivity index (χ0n) is 12.0. The summed E-state index contributed by atoms with van der Waals surface area (Å²) in [4.78, 5) is 11.3. The van der Waals surface area contributed by atoms with Crippen molar-refractivity contribution < 1.29 is 23.4 Å². The van der Waals surface area contributed by atoms with Crippen LogP contribution in [0, 0.1) is 22.7 Å². The summed E-state index contributed by atoms with van der Waals surface area (Å²) < 4.78 is 30.7. The second-order valence-corrected chi connectivity index (χ2v) is 7.78. The fraction of sp³-hybridized carbons (Fsp3) is 0.933. The minimum absolute atomic E-state index is 0.0740. The molecule has 0 heterocycles. The average molecular weight is 288 g/mol. The molecule has 0 saturated heterocycles. The summed E-state index contributed by atoms with van der Waals surface area (Å²) in [5.41, 5.74) is -0.0209. The molecular formula is C15H22F2O3. The molecule has 0 radical (unpaired) electrons. The first kappa shape index (κ1) is 14.2. The Hall–Kier alpha value is -0.710. The molecule has 0 spiro atoms. The first-order valence-electron chi connectivity index (χ1n) is 7.36. The highest BCUT2D eigenvalue weighted by Crippen LogP contribution is 2.65. The summed E-state index contributed by atoms with van der Waals surface area (Å²) in [5, 5.41) is 10.2. The predicted octanol–water partition coefficient (Wildman–Crippen LogP) is 2.76. The van der Waals surface area contributed by atoms with Crippen LogP contribution < -0.4 is 0 Å². The summed E-state index contributed by atoms with van der Waals surface area (Å²) >= 11 is 0. The van der Waals surface area contributed by atoms with Gasteiger partial charge in [0, 0.05) is 12.3 Å². The van der Waals surface area contributed by atoms with Crippen molar-refractivity contribution in [2.24, 2.45) is 22.7 Å². The van der Waals surface area contributed by atoms with Crippen LogP contribution in [0.1, 0.15) is 46.0 Å². The molecule has 2 atom stereocenters. The quantitative estimate of drug-likeness (QED) is 0.812. The van der Waals surface area contributed by atoms with Crippen molar-refractivity contribution in [1.82, 2.24) is 0 Å². The van der Waals surface area contributed by atoms with Crippen molar-refractivity contribution in [3.63, 3.8) is 0 Å². The largest absolute Gasteiger partial charge is 0.461 e. The maximum Gasteiger partial charge on any atom is 0.376 e. The van der Waals surface area contributed by atoms with E-state index in [9.17, 15) is 18.7 Å². The Morgan fingerprint density at radius 2 is 1.85 bits per heavy atom. The van der Waals surface area contributed by atoms with E-state index in [-0.39, 0.29) is 35.4 Å². The van der Waals surface area contributed by atoms with Crippen LogP contribution >= 0.6 is 0 Å². The molecule has 1 N–H and O–H groups in total. The molecule has 4 bridgehead atoms. The third-order valence-electron chi connectivity index (χ3n) is 5.54. The van der Waals surface area contributed by atoms with Gasteiger partial charge in [0.1, 0.15) is 0 Å². The van der Waals surface area contributed by atoms with E-state index in [1.54, 1.807) is 0 Å². The number of rotatable bonds is 3. The normalized spacial score (nSPS) is 46.5. The van der Waals surface area contributed by atoms with E-state index in [0.717, 1.165) is 32.1 Å². The third kappa shape index (κ3) is 2.24. The summed E-state index contributed by atoms with van der Waals surface area (Å²) in [6, 6.07) is 0. The lowest BCUT2D eigenvalue weighted by atomic mass is 9.44. The van der Waals surface area contributed by atoms with Crippen LogP contribution in [0.5, 0.6) is 0 Å². The average Bonchev–Trinajstić information content (AvgIpc) is 2.29. The molecule has 2 unspecified atom stereocenters. The molecule has 0 aromatic rings. The highest BCUT2D eigenvalue weighted by atomic mass is 19.3. The summed E-state index contributed by atoms with van der Waals surface area (Å²) in [5.74, 6) is -4.38. The first-order valence-corrected chi connectivity index (χ1v) is 7.36. The monoisotopic (exact) mass is 288 g/mol. The summed E-state index contributed by atoms with van der Waals surface area (Å²) in [7, 11) is 0. The van der Waals surface area contributed by atoms with E-state index in [0.29, 0.717) is 6.92 Å². The number of aliphatic hydroxyl groups excluding tert-OH is 1.